The van der Waals surface area contributed by atoms with Gasteiger partial charge in [0.25, 0.3) is 0 Å². The van der Waals surface area contributed by atoms with Crippen molar-refractivity contribution in [3.63, 3.8) is 0 Å². The van der Waals surface area contributed by atoms with Crippen molar-refractivity contribution in [3.05, 3.63) is 16.7 Å². The lowest BCUT2D eigenvalue weighted by molar-refractivity contribution is -0.348. The largest absolute Gasteiger partial charge is 0.415 e. The monoisotopic (exact) mass is 365 g/mol. The van der Waals surface area contributed by atoms with E-state index in [-0.39, 0.29) is 0 Å². The number of aromatic amines is 1. The normalized spacial score (nSPS) is 21.6. The number of H-pyrrole nitrogens is 1. The maximum Gasteiger partial charge on any atom is 0.415 e. The highest BCUT2D eigenvalue weighted by atomic mass is 79.9. The minimum atomic E-state index is 0.751. The number of anilines is 1. The molecule has 0 bridgehead atoms. The number of hydrogen-bond donors (Lipinski definition) is 0. The summed E-state index contributed by atoms with van der Waals surface area (Å²) in [7, 11) is 0. The molecular formula is C16H22BrN4O+. The Hall–Kier alpha value is -1.14. The van der Waals surface area contributed by atoms with Crippen LogP contribution in [0.5, 0.6) is 0 Å². The number of likely N-dealkylation sites (tertiary alicyclic amines) is 1. The van der Waals surface area contributed by atoms with Gasteiger partial charge in [-0.1, -0.05) is 6.42 Å². The van der Waals surface area contributed by atoms with Crippen molar-refractivity contribution in [2.24, 2.45) is 0 Å². The van der Waals surface area contributed by atoms with Gasteiger partial charge in [0.1, 0.15) is 6.20 Å². The van der Waals surface area contributed by atoms with Gasteiger partial charge >= 0.3 is 11.7 Å². The molecule has 2 saturated heterocycles. The molecule has 0 aliphatic carbocycles. The molecule has 0 saturated carbocycles. The summed E-state index contributed by atoms with van der Waals surface area (Å²) in [6, 6.07) is 3.46. The average molecular weight is 366 g/mol. The zero-order chi connectivity index (χ0) is 14.9. The molecule has 4 rings (SSSR count). The van der Waals surface area contributed by atoms with Gasteiger partial charge in [0.05, 0.1) is 4.47 Å². The fraction of sp³-hybridized carbons (Fsp3) is 0.625. The van der Waals surface area contributed by atoms with Gasteiger partial charge < -0.3 is 14.2 Å². The SMILES string of the molecule is Brc1c[nH+]c2nc(N3CCC(N4CCCCC4)CC3)oc2c1. The van der Waals surface area contributed by atoms with E-state index >= 15 is 0 Å². The van der Waals surface area contributed by atoms with Crippen LogP contribution in [-0.4, -0.2) is 42.1 Å². The Morgan fingerprint density at radius 2 is 1.91 bits per heavy atom. The molecule has 0 unspecified atom stereocenters. The topological polar surface area (TPSA) is 46.7 Å². The molecule has 2 aliphatic rings. The van der Waals surface area contributed by atoms with Gasteiger partial charge in [-0.25, -0.2) is 4.98 Å². The Morgan fingerprint density at radius 1 is 1.14 bits per heavy atom. The van der Waals surface area contributed by atoms with E-state index < -0.39 is 0 Å². The molecule has 2 aliphatic heterocycles. The van der Waals surface area contributed by atoms with E-state index in [4.69, 9.17) is 4.42 Å². The lowest BCUT2D eigenvalue weighted by atomic mass is 10.0. The molecule has 0 radical (unpaired) electrons. The third-order valence-electron chi connectivity index (χ3n) is 4.90. The van der Waals surface area contributed by atoms with E-state index in [0.29, 0.717) is 0 Å². The number of fused-ring (bicyclic) bond motifs is 1. The van der Waals surface area contributed by atoms with Gasteiger partial charge in [-0.3, -0.25) is 0 Å². The van der Waals surface area contributed by atoms with Gasteiger partial charge in [-0.2, -0.15) is 0 Å². The highest BCUT2D eigenvalue weighted by molar-refractivity contribution is 9.10. The van der Waals surface area contributed by atoms with Crippen LogP contribution in [-0.2, 0) is 0 Å². The van der Waals surface area contributed by atoms with Crippen molar-refractivity contribution < 1.29 is 9.40 Å². The van der Waals surface area contributed by atoms with Gasteiger partial charge in [-0.15, -0.1) is 0 Å². The number of nitrogens with one attached hydrogen (secondary N) is 1. The Bertz CT molecular complexity index is 645. The van der Waals surface area contributed by atoms with Crippen molar-refractivity contribution in [2.45, 2.75) is 38.1 Å². The maximum absolute atomic E-state index is 5.91. The number of hydrogen-bond acceptors (Lipinski definition) is 4. The van der Waals surface area contributed by atoms with Gasteiger partial charge in [-0.05, 0) is 54.7 Å². The molecule has 2 aromatic rings. The van der Waals surface area contributed by atoms with E-state index in [1.54, 1.807) is 0 Å². The van der Waals surface area contributed by atoms with E-state index in [0.717, 1.165) is 40.8 Å². The molecule has 5 nitrogen and oxygen atoms in total. The molecular weight excluding hydrogens is 344 g/mol. The third-order valence-corrected chi connectivity index (χ3v) is 5.36. The highest BCUT2D eigenvalue weighted by Crippen LogP contribution is 2.26. The number of oxazole rings is 1. The Balaban J connectivity index is 1.43. The quantitative estimate of drug-likeness (QED) is 0.820. The number of aromatic nitrogens is 2. The number of nitrogens with zero attached hydrogens (tertiary/aromatic N) is 3. The second-order valence-corrected chi connectivity index (χ2v) is 7.26. The van der Waals surface area contributed by atoms with E-state index in [1.807, 2.05) is 12.3 Å². The summed E-state index contributed by atoms with van der Waals surface area (Å²) in [4.78, 5) is 12.7. The number of halogens is 1. The summed E-state index contributed by atoms with van der Waals surface area (Å²) < 4.78 is 6.89. The van der Waals surface area contributed by atoms with Crippen LogP contribution in [0.3, 0.4) is 0 Å². The summed E-state index contributed by atoms with van der Waals surface area (Å²) in [6.45, 7) is 4.65. The molecule has 4 heterocycles. The molecule has 0 atom stereocenters. The first-order valence-electron chi connectivity index (χ1n) is 8.26. The predicted molar refractivity (Wildman–Crippen MR) is 88.9 cm³/mol. The van der Waals surface area contributed by atoms with Crippen LogP contribution in [0, 0.1) is 0 Å². The van der Waals surface area contributed by atoms with E-state index in [2.05, 4.69) is 35.7 Å². The number of pyridine rings is 1. The second-order valence-electron chi connectivity index (χ2n) is 6.34. The van der Waals surface area contributed by atoms with Crippen LogP contribution >= 0.6 is 15.9 Å². The molecule has 2 fully saturated rings. The molecule has 6 heteroatoms. The second kappa shape index (κ2) is 6.16. The standard InChI is InChI=1S/C16H21BrN4O/c17-12-10-14-15(18-11-12)19-16(22-14)21-8-4-13(5-9-21)20-6-2-1-3-7-20/h10-11,13H,1-9H2/p+1. The number of piperidine rings is 2. The summed E-state index contributed by atoms with van der Waals surface area (Å²) in [5, 5.41) is 0. The predicted octanol–water partition coefficient (Wildman–Crippen LogP) is 2.86. The molecule has 118 valence electrons. The first-order valence-corrected chi connectivity index (χ1v) is 9.06. The highest BCUT2D eigenvalue weighted by Gasteiger charge is 2.29. The smallest absolute Gasteiger partial charge is 0.398 e. The molecule has 22 heavy (non-hydrogen) atoms. The first-order chi connectivity index (χ1) is 10.8. The van der Waals surface area contributed by atoms with Crippen molar-refractivity contribution in [2.75, 3.05) is 31.1 Å². The van der Waals surface area contributed by atoms with Gasteiger partial charge in [0, 0.05) is 30.2 Å². The fourth-order valence-corrected chi connectivity index (χ4v) is 3.99. The van der Waals surface area contributed by atoms with Crippen LogP contribution in [0.4, 0.5) is 6.01 Å². The van der Waals surface area contributed by atoms with Crippen molar-refractivity contribution in [1.29, 1.82) is 0 Å². The third kappa shape index (κ3) is 2.86. The van der Waals surface area contributed by atoms with Crippen LogP contribution in [0.2, 0.25) is 0 Å². The van der Waals surface area contributed by atoms with E-state index in [9.17, 15) is 0 Å². The van der Waals surface area contributed by atoms with Gasteiger partial charge in [0.2, 0.25) is 5.58 Å². The van der Waals surface area contributed by atoms with Crippen molar-refractivity contribution in [1.82, 2.24) is 9.88 Å². The average Bonchev–Trinajstić information content (AvgIpc) is 2.99. The van der Waals surface area contributed by atoms with Crippen molar-refractivity contribution >= 4 is 33.2 Å². The van der Waals surface area contributed by atoms with E-state index in [1.165, 1.54) is 45.2 Å². The molecule has 2 aromatic heterocycles. The Kier molecular flexibility index (Phi) is 4.05. The lowest BCUT2D eigenvalue weighted by Crippen LogP contribution is -2.46. The fourth-order valence-electron chi connectivity index (χ4n) is 3.67. The minimum Gasteiger partial charge on any atom is -0.398 e. The molecule has 1 N–H and O–H groups in total. The Morgan fingerprint density at radius 3 is 2.68 bits per heavy atom. The molecule has 0 aromatic carbocycles. The zero-order valence-corrected chi connectivity index (χ0v) is 14.3. The van der Waals surface area contributed by atoms with Crippen LogP contribution in [0.15, 0.2) is 21.2 Å². The van der Waals surface area contributed by atoms with Crippen LogP contribution in [0.1, 0.15) is 32.1 Å². The summed E-state index contributed by atoms with van der Waals surface area (Å²) in [6.07, 6.45) is 8.46. The maximum atomic E-state index is 5.91. The lowest BCUT2D eigenvalue weighted by Gasteiger charge is -2.39. The summed E-state index contributed by atoms with van der Waals surface area (Å²) in [5.41, 5.74) is 1.62. The Labute approximate surface area is 138 Å². The van der Waals surface area contributed by atoms with Gasteiger partial charge in [0.15, 0.2) is 0 Å². The molecule has 0 spiro atoms. The number of rotatable bonds is 2. The molecule has 0 amide bonds. The summed E-state index contributed by atoms with van der Waals surface area (Å²) in [5.74, 6) is 0. The van der Waals surface area contributed by atoms with Crippen LogP contribution < -0.4 is 9.88 Å². The van der Waals surface area contributed by atoms with Crippen molar-refractivity contribution in [3.8, 4) is 0 Å². The first kappa shape index (κ1) is 14.5. The summed E-state index contributed by atoms with van der Waals surface area (Å²) >= 11 is 3.45. The zero-order valence-electron chi connectivity index (χ0n) is 12.7. The van der Waals surface area contributed by atoms with Crippen LogP contribution in [0.25, 0.3) is 11.2 Å². The minimum absolute atomic E-state index is 0.751.